The second kappa shape index (κ2) is 4.33. The zero-order valence-electron chi connectivity index (χ0n) is 3.97. The summed E-state index contributed by atoms with van der Waals surface area (Å²) in [6.45, 7) is 2.54. The molecule has 7 heavy (non-hydrogen) atoms. The molecule has 0 spiro atoms. The first-order valence-corrected chi connectivity index (χ1v) is 3.77. The number of hydrogen-bond acceptors (Lipinski definition) is 3. The lowest BCUT2D eigenvalue weighted by Gasteiger charge is -1.92. The van der Waals surface area contributed by atoms with Gasteiger partial charge in [0.15, 0.2) is 0 Å². The van der Waals surface area contributed by atoms with Crippen LogP contribution in [0, 0.1) is 0 Å². The number of nitrogens with one attached hydrogen (secondary N) is 1. The van der Waals surface area contributed by atoms with E-state index >= 15 is 0 Å². The average molecular weight is 137 g/mol. The second-order valence-electron chi connectivity index (χ2n) is 0.909. The van der Waals surface area contributed by atoms with Gasteiger partial charge in [-0.25, -0.2) is 0 Å². The summed E-state index contributed by atoms with van der Waals surface area (Å²) in [5, 5.41) is 2.45. The van der Waals surface area contributed by atoms with Crippen LogP contribution in [-0.4, -0.2) is 11.8 Å². The van der Waals surface area contributed by atoms with Gasteiger partial charge in [-0.2, -0.15) is 0 Å². The molecule has 0 fully saturated rings. The standard InChI is InChI=1S/C3H7NOS2/c1-2-4-3(5)7-6/h6H,2H2,1H3,(H,4,5). The summed E-state index contributed by atoms with van der Waals surface area (Å²) in [7, 11) is 0.894. The molecule has 42 valence electrons. The number of hydrogen-bond donors (Lipinski definition) is 2. The minimum absolute atomic E-state index is 0.0918. The van der Waals surface area contributed by atoms with Crippen LogP contribution in [0.2, 0.25) is 0 Å². The second-order valence-corrected chi connectivity index (χ2v) is 2.01. The summed E-state index contributed by atoms with van der Waals surface area (Å²) < 4.78 is 0. The molecule has 0 aliphatic heterocycles. The molecule has 0 aliphatic rings. The van der Waals surface area contributed by atoms with Gasteiger partial charge in [-0.15, -0.1) is 11.7 Å². The van der Waals surface area contributed by atoms with E-state index in [4.69, 9.17) is 0 Å². The summed E-state index contributed by atoms with van der Waals surface area (Å²) >= 11 is 3.65. The van der Waals surface area contributed by atoms with Gasteiger partial charge in [0.2, 0.25) is 0 Å². The van der Waals surface area contributed by atoms with Gasteiger partial charge >= 0.3 is 0 Å². The number of carbonyl (C=O) groups excluding carboxylic acids is 1. The minimum atomic E-state index is -0.0918. The minimum Gasteiger partial charge on any atom is -0.347 e. The van der Waals surface area contributed by atoms with Gasteiger partial charge in [0.1, 0.15) is 0 Å². The Morgan fingerprint density at radius 2 is 2.57 bits per heavy atom. The molecule has 0 radical (unpaired) electrons. The van der Waals surface area contributed by atoms with Gasteiger partial charge in [0.05, 0.1) is 0 Å². The van der Waals surface area contributed by atoms with Crippen molar-refractivity contribution in [3.05, 3.63) is 0 Å². The highest BCUT2D eigenvalue weighted by Crippen LogP contribution is 2.03. The molecule has 4 heteroatoms. The van der Waals surface area contributed by atoms with Crippen LogP contribution in [0.15, 0.2) is 0 Å². The van der Waals surface area contributed by atoms with Crippen molar-refractivity contribution < 1.29 is 4.79 Å². The Hall–Kier alpha value is 0.170. The number of amides is 1. The highest BCUT2D eigenvalue weighted by Gasteiger charge is 1.90. The van der Waals surface area contributed by atoms with E-state index < -0.39 is 0 Å². The molecule has 0 heterocycles. The first-order chi connectivity index (χ1) is 3.31. The fourth-order valence-electron chi connectivity index (χ4n) is 0.177. The lowest BCUT2D eigenvalue weighted by molar-refractivity contribution is 0.261. The Balaban J connectivity index is 3.00. The fraction of sp³-hybridized carbons (Fsp3) is 0.667. The van der Waals surface area contributed by atoms with E-state index in [0.29, 0.717) is 6.54 Å². The monoisotopic (exact) mass is 137 g/mol. The predicted molar refractivity (Wildman–Crippen MR) is 35.6 cm³/mol. The zero-order chi connectivity index (χ0) is 5.70. The van der Waals surface area contributed by atoms with E-state index in [9.17, 15) is 4.79 Å². The smallest absolute Gasteiger partial charge is 0.289 e. The Bertz CT molecular complexity index is 66.0. The Kier molecular flexibility index (Phi) is 4.44. The third-order valence-electron chi connectivity index (χ3n) is 0.404. The molecule has 0 rings (SSSR count). The van der Waals surface area contributed by atoms with Crippen LogP contribution >= 0.6 is 22.5 Å². The van der Waals surface area contributed by atoms with Crippen molar-refractivity contribution in [3.8, 4) is 0 Å². The van der Waals surface area contributed by atoms with Gasteiger partial charge in [-0.1, -0.05) is 0 Å². The molecule has 0 aromatic carbocycles. The van der Waals surface area contributed by atoms with Crippen LogP contribution in [0.4, 0.5) is 4.79 Å². The molecular formula is C3H7NOS2. The van der Waals surface area contributed by atoms with E-state index in [2.05, 4.69) is 17.0 Å². The number of carbonyl (C=O) groups is 1. The molecule has 2 nitrogen and oxygen atoms in total. The van der Waals surface area contributed by atoms with Crippen LogP contribution in [0.1, 0.15) is 6.92 Å². The van der Waals surface area contributed by atoms with Gasteiger partial charge in [0.25, 0.3) is 5.24 Å². The van der Waals surface area contributed by atoms with E-state index in [-0.39, 0.29) is 5.24 Å². The van der Waals surface area contributed by atoms with E-state index in [0.717, 1.165) is 10.8 Å². The van der Waals surface area contributed by atoms with Crippen LogP contribution < -0.4 is 5.32 Å². The Labute approximate surface area is 51.9 Å². The van der Waals surface area contributed by atoms with Gasteiger partial charge in [-0.05, 0) is 6.92 Å². The molecule has 1 N–H and O–H groups in total. The third-order valence-corrected chi connectivity index (χ3v) is 1.21. The number of rotatable bonds is 1. The summed E-state index contributed by atoms with van der Waals surface area (Å²) in [4.78, 5) is 10.2. The maximum atomic E-state index is 10.2. The summed E-state index contributed by atoms with van der Waals surface area (Å²) in [6.07, 6.45) is 0. The Morgan fingerprint density at radius 1 is 2.00 bits per heavy atom. The quantitative estimate of drug-likeness (QED) is 0.421. The van der Waals surface area contributed by atoms with Crippen LogP contribution in [-0.2, 0) is 0 Å². The summed E-state index contributed by atoms with van der Waals surface area (Å²) in [6, 6.07) is 0. The van der Waals surface area contributed by atoms with Crippen molar-refractivity contribution in [3.63, 3.8) is 0 Å². The largest absolute Gasteiger partial charge is 0.347 e. The van der Waals surface area contributed by atoms with Crippen molar-refractivity contribution >= 4 is 27.7 Å². The molecule has 0 bridgehead atoms. The summed E-state index contributed by atoms with van der Waals surface area (Å²) in [5.41, 5.74) is 0. The average Bonchev–Trinajstić information content (AvgIpc) is 1.68. The maximum Gasteiger partial charge on any atom is 0.289 e. The normalized spacial score (nSPS) is 8.29. The zero-order valence-corrected chi connectivity index (χ0v) is 5.68. The molecule has 1 amide bonds. The highest BCUT2D eigenvalue weighted by molar-refractivity contribution is 8.74. The third kappa shape index (κ3) is 4.01. The first kappa shape index (κ1) is 7.17. The lowest BCUT2D eigenvalue weighted by atomic mass is 10.8. The topological polar surface area (TPSA) is 29.1 Å². The molecular weight excluding hydrogens is 130 g/mol. The summed E-state index contributed by atoms with van der Waals surface area (Å²) in [5.74, 6) is 0. The van der Waals surface area contributed by atoms with Gasteiger partial charge in [-0.3, -0.25) is 4.79 Å². The molecule has 0 saturated carbocycles. The molecule has 0 aromatic rings. The van der Waals surface area contributed by atoms with Crippen molar-refractivity contribution in [2.24, 2.45) is 0 Å². The number of thiol groups is 1. The molecule has 0 aromatic heterocycles. The van der Waals surface area contributed by atoms with Crippen molar-refractivity contribution in [1.82, 2.24) is 5.32 Å². The van der Waals surface area contributed by atoms with E-state index in [1.165, 1.54) is 0 Å². The van der Waals surface area contributed by atoms with Crippen molar-refractivity contribution in [2.45, 2.75) is 6.92 Å². The molecule has 0 saturated heterocycles. The first-order valence-electron chi connectivity index (χ1n) is 1.90. The van der Waals surface area contributed by atoms with Gasteiger partial charge in [0, 0.05) is 17.3 Å². The molecule has 0 atom stereocenters. The van der Waals surface area contributed by atoms with Crippen LogP contribution in [0.25, 0.3) is 0 Å². The SMILES string of the molecule is CCNC(=O)SS. The lowest BCUT2D eigenvalue weighted by Crippen LogP contribution is -2.15. The van der Waals surface area contributed by atoms with Crippen LogP contribution in [0.5, 0.6) is 0 Å². The highest BCUT2D eigenvalue weighted by atomic mass is 33.1. The predicted octanol–water partition coefficient (Wildman–Crippen LogP) is 1.29. The van der Waals surface area contributed by atoms with Gasteiger partial charge < -0.3 is 5.32 Å². The molecule has 0 aliphatic carbocycles. The maximum absolute atomic E-state index is 10.2. The van der Waals surface area contributed by atoms with Crippen molar-refractivity contribution in [1.29, 1.82) is 0 Å². The van der Waals surface area contributed by atoms with E-state index in [1.807, 2.05) is 6.92 Å². The fourth-order valence-corrected chi connectivity index (χ4v) is 0.579. The molecule has 0 unspecified atom stereocenters. The van der Waals surface area contributed by atoms with Crippen LogP contribution in [0.3, 0.4) is 0 Å². The van der Waals surface area contributed by atoms with Crippen molar-refractivity contribution in [2.75, 3.05) is 6.54 Å². The Morgan fingerprint density at radius 3 is 2.71 bits per heavy atom. The van der Waals surface area contributed by atoms with E-state index in [1.54, 1.807) is 0 Å².